The van der Waals surface area contributed by atoms with Crippen molar-refractivity contribution in [2.75, 3.05) is 14.1 Å². The van der Waals surface area contributed by atoms with Crippen molar-refractivity contribution in [2.45, 2.75) is 45.3 Å². The van der Waals surface area contributed by atoms with Gasteiger partial charge in [0.05, 0.1) is 0 Å². The molecule has 0 bridgehead atoms. The lowest BCUT2D eigenvalue weighted by molar-refractivity contribution is 0.156. The van der Waals surface area contributed by atoms with Crippen molar-refractivity contribution in [3.63, 3.8) is 0 Å². The maximum Gasteiger partial charge on any atom is 0.110 e. The highest BCUT2D eigenvalue weighted by Crippen LogP contribution is 2.17. The monoisotopic (exact) mass is 224 g/mol. The first-order valence-corrected chi connectivity index (χ1v) is 5.82. The van der Waals surface area contributed by atoms with Gasteiger partial charge in [-0.25, -0.2) is 4.98 Å². The Morgan fingerprint density at radius 2 is 2.12 bits per heavy atom. The Kier molecular flexibility index (Phi) is 4.10. The van der Waals surface area contributed by atoms with Crippen LogP contribution in [-0.4, -0.2) is 40.1 Å². The summed E-state index contributed by atoms with van der Waals surface area (Å²) in [6.07, 6.45) is 4.66. The third kappa shape index (κ3) is 2.62. The molecule has 4 nitrogen and oxygen atoms in total. The molecule has 92 valence electrons. The van der Waals surface area contributed by atoms with Gasteiger partial charge in [-0.3, -0.25) is 0 Å². The van der Waals surface area contributed by atoms with Gasteiger partial charge in [0.2, 0.25) is 0 Å². The highest BCUT2D eigenvalue weighted by Gasteiger charge is 2.29. The fourth-order valence-corrected chi connectivity index (χ4v) is 1.60. The first-order valence-electron chi connectivity index (χ1n) is 5.82. The smallest absolute Gasteiger partial charge is 0.110 e. The normalized spacial score (nSPS) is 14.4. The van der Waals surface area contributed by atoms with Crippen LogP contribution in [0, 0.1) is 0 Å². The first-order chi connectivity index (χ1) is 7.39. The average Bonchev–Trinajstić information content (AvgIpc) is 2.64. The fourth-order valence-electron chi connectivity index (χ4n) is 1.60. The Labute approximate surface area is 98.5 Å². The molecule has 1 rings (SSSR count). The Morgan fingerprint density at radius 3 is 2.62 bits per heavy atom. The maximum atomic E-state index is 6.27. The number of aryl methyl sites for hydroxylation is 1. The molecule has 0 spiro atoms. The van der Waals surface area contributed by atoms with E-state index in [1.165, 1.54) is 0 Å². The molecule has 2 N–H and O–H groups in total. The molecule has 16 heavy (non-hydrogen) atoms. The van der Waals surface area contributed by atoms with Gasteiger partial charge in [0.1, 0.15) is 5.82 Å². The van der Waals surface area contributed by atoms with E-state index in [0.717, 1.165) is 18.8 Å². The fraction of sp³-hybridized carbons (Fsp3) is 0.750. The second-order valence-corrected chi connectivity index (χ2v) is 4.99. The predicted molar refractivity (Wildman–Crippen MR) is 67.3 cm³/mol. The van der Waals surface area contributed by atoms with Gasteiger partial charge in [-0.2, -0.15) is 0 Å². The van der Waals surface area contributed by atoms with E-state index in [1.54, 1.807) is 0 Å². The minimum absolute atomic E-state index is 0.0233. The van der Waals surface area contributed by atoms with Crippen LogP contribution in [0.3, 0.4) is 0 Å². The lowest BCUT2D eigenvalue weighted by atomic mass is 9.91. The van der Waals surface area contributed by atoms with Gasteiger partial charge in [-0.15, -0.1) is 0 Å². The van der Waals surface area contributed by atoms with Crippen LogP contribution in [-0.2, 0) is 13.0 Å². The third-order valence-corrected chi connectivity index (χ3v) is 3.60. The molecule has 0 saturated heterocycles. The van der Waals surface area contributed by atoms with Crippen molar-refractivity contribution in [1.82, 2.24) is 14.5 Å². The number of imidazole rings is 1. The number of hydrogen-bond donors (Lipinski definition) is 1. The summed E-state index contributed by atoms with van der Waals surface area (Å²) in [7, 11) is 4.12. The molecule has 0 aliphatic rings. The van der Waals surface area contributed by atoms with Gasteiger partial charge >= 0.3 is 0 Å². The Balaban J connectivity index is 2.75. The van der Waals surface area contributed by atoms with Crippen molar-refractivity contribution >= 4 is 0 Å². The van der Waals surface area contributed by atoms with Crippen LogP contribution in [0.4, 0.5) is 0 Å². The summed E-state index contributed by atoms with van der Waals surface area (Å²) in [5.74, 6) is 1.07. The molecule has 1 heterocycles. The second-order valence-electron chi connectivity index (χ2n) is 4.99. The van der Waals surface area contributed by atoms with Crippen LogP contribution in [0.1, 0.15) is 26.6 Å². The Bertz CT molecular complexity index is 328. The topological polar surface area (TPSA) is 47.1 Å². The predicted octanol–water partition coefficient (Wildman–Crippen LogP) is 1.11. The van der Waals surface area contributed by atoms with Crippen LogP contribution >= 0.6 is 0 Å². The number of nitrogens with two attached hydrogens (primary N) is 1. The highest BCUT2D eigenvalue weighted by atomic mass is 15.2. The van der Waals surface area contributed by atoms with Crippen LogP contribution in [0.5, 0.6) is 0 Å². The Morgan fingerprint density at radius 1 is 1.50 bits per heavy atom. The van der Waals surface area contributed by atoms with Gasteiger partial charge in [-0.05, 0) is 34.9 Å². The number of rotatable bonds is 5. The van der Waals surface area contributed by atoms with E-state index in [-0.39, 0.29) is 11.6 Å². The lowest BCUT2D eigenvalue weighted by Gasteiger charge is -2.38. The SMILES string of the molecule is CCn1ccnc1CC(N)C(C)(C)N(C)C. The van der Waals surface area contributed by atoms with Gasteiger partial charge in [0.15, 0.2) is 0 Å². The molecular formula is C12H24N4. The zero-order valence-corrected chi connectivity index (χ0v) is 11.1. The van der Waals surface area contributed by atoms with Crippen molar-refractivity contribution in [1.29, 1.82) is 0 Å². The quantitative estimate of drug-likeness (QED) is 0.815. The van der Waals surface area contributed by atoms with Gasteiger partial charge in [-0.1, -0.05) is 0 Å². The molecule has 4 heteroatoms. The van der Waals surface area contributed by atoms with Gasteiger partial charge < -0.3 is 15.2 Å². The largest absolute Gasteiger partial charge is 0.335 e. The van der Waals surface area contributed by atoms with E-state index >= 15 is 0 Å². The summed E-state index contributed by atoms with van der Waals surface area (Å²) in [5.41, 5.74) is 6.25. The molecule has 1 aromatic heterocycles. The highest BCUT2D eigenvalue weighted by molar-refractivity contribution is 5.00. The minimum atomic E-state index is -0.0233. The van der Waals surface area contributed by atoms with Crippen molar-refractivity contribution < 1.29 is 0 Å². The summed E-state index contributed by atoms with van der Waals surface area (Å²) >= 11 is 0. The molecule has 0 aliphatic heterocycles. The number of hydrogen-bond acceptors (Lipinski definition) is 3. The first kappa shape index (κ1) is 13.2. The Hall–Kier alpha value is -0.870. The standard InChI is InChI=1S/C12H24N4/c1-6-16-8-7-14-11(16)9-10(13)12(2,3)15(4)5/h7-8,10H,6,9,13H2,1-5H3. The lowest BCUT2D eigenvalue weighted by Crippen LogP contribution is -2.54. The second kappa shape index (κ2) is 4.97. The van der Waals surface area contributed by atoms with E-state index in [0.29, 0.717) is 0 Å². The molecule has 0 radical (unpaired) electrons. The minimum Gasteiger partial charge on any atom is -0.335 e. The molecule has 0 saturated carbocycles. The molecule has 0 amide bonds. The zero-order valence-electron chi connectivity index (χ0n) is 11.1. The van der Waals surface area contributed by atoms with Gasteiger partial charge in [0, 0.05) is 36.9 Å². The molecule has 0 aliphatic carbocycles. The zero-order chi connectivity index (χ0) is 12.3. The maximum absolute atomic E-state index is 6.27. The molecule has 1 aromatic rings. The van der Waals surface area contributed by atoms with Crippen LogP contribution in [0.15, 0.2) is 12.4 Å². The van der Waals surface area contributed by atoms with E-state index in [2.05, 4.69) is 49.3 Å². The average molecular weight is 224 g/mol. The van der Waals surface area contributed by atoms with Crippen LogP contribution in [0.25, 0.3) is 0 Å². The van der Waals surface area contributed by atoms with E-state index in [1.807, 2.05) is 12.4 Å². The molecule has 1 atom stereocenters. The van der Waals surface area contributed by atoms with Gasteiger partial charge in [0.25, 0.3) is 0 Å². The van der Waals surface area contributed by atoms with Crippen molar-refractivity contribution in [2.24, 2.45) is 5.73 Å². The van der Waals surface area contributed by atoms with E-state index in [4.69, 9.17) is 5.73 Å². The van der Waals surface area contributed by atoms with Crippen molar-refractivity contribution in [3.05, 3.63) is 18.2 Å². The summed E-state index contributed by atoms with van der Waals surface area (Å²) in [6, 6.07) is 0.0789. The van der Waals surface area contributed by atoms with E-state index in [9.17, 15) is 0 Å². The number of likely N-dealkylation sites (N-methyl/N-ethyl adjacent to an activating group) is 1. The van der Waals surface area contributed by atoms with Crippen LogP contribution < -0.4 is 5.73 Å². The molecule has 0 fully saturated rings. The molecule has 0 aromatic carbocycles. The summed E-state index contributed by atoms with van der Waals surface area (Å²) in [5, 5.41) is 0. The van der Waals surface area contributed by atoms with Crippen LogP contribution in [0.2, 0.25) is 0 Å². The third-order valence-electron chi connectivity index (χ3n) is 3.60. The van der Waals surface area contributed by atoms with Crippen molar-refractivity contribution in [3.8, 4) is 0 Å². The number of aromatic nitrogens is 2. The summed E-state index contributed by atoms with van der Waals surface area (Å²) < 4.78 is 2.14. The summed E-state index contributed by atoms with van der Waals surface area (Å²) in [4.78, 5) is 6.53. The van der Waals surface area contributed by atoms with E-state index < -0.39 is 0 Å². The number of nitrogens with zero attached hydrogens (tertiary/aromatic N) is 3. The summed E-state index contributed by atoms with van der Waals surface area (Å²) in [6.45, 7) is 7.39. The molecule has 1 unspecified atom stereocenters. The molecular weight excluding hydrogens is 200 g/mol.